The van der Waals surface area contributed by atoms with E-state index in [1.165, 1.54) is 12.1 Å². The van der Waals surface area contributed by atoms with Crippen molar-refractivity contribution in [3.63, 3.8) is 0 Å². The maximum atomic E-state index is 14.0. The quantitative estimate of drug-likeness (QED) is 0.870. The molecule has 0 spiro atoms. The van der Waals surface area contributed by atoms with E-state index in [-0.39, 0.29) is 5.56 Å². The Morgan fingerprint density at radius 1 is 1.05 bits per heavy atom. The van der Waals surface area contributed by atoms with Gasteiger partial charge in [0, 0.05) is 10.0 Å². The number of rotatable bonds is 2. The summed E-state index contributed by atoms with van der Waals surface area (Å²) < 4.78 is 28.8. The van der Waals surface area contributed by atoms with Gasteiger partial charge in [-0.1, -0.05) is 34.1 Å². The summed E-state index contributed by atoms with van der Waals surface area (Å²) in [6.07, 6.45) is 0. The topological polar surface area (TPSA) is 26.0 Å². The van der Waals surface area contributed by atoms with Crippen LogP contribution in [-0.4, -0.2) is 0 Å². The van der Waals surface area contributed by atoms with Crippen molar-refractivity contribution in [2.45, 2.75) is 19.9 Å². The Kier molecular flexibility index (Phi) is 4.02. The molecule has 1 nitrogen and oxygen atoms in total. The van der Waals surface area contributed by atoms with Gasteiger partial charge in [-0.15, -0.1) is 0 Å². The molecule has 0 bridgehead atoms. The monoisotopic (exact) mass is 325 g/mol. The summed E-state index contributed by atoms with van der Waals surface area (Å²) in [4.78, 5) is 0. The van der Waals surface area contributed by atoms with E-state index in [0.717, 1.165) is 10.0 Å². The largest absolute Gasteiger partial charge is 0.320 e. The van der Waals surface area contributed by atoms with Gasteiger partial charge >= 0.3 is 0 Å². The Morgan fingerprint density at radius 3 is 2.37 bits per heavy atom. The van der Waals surface area contributed by atoms with Crippen molar-refractivity contribution in [2.75, 3.05) is 0 Å². The van der Waals surface area contributed by atoms with Crippen LogP contribution in [0.25, 0.3) is 0 Å². The average molecular weight is 326 g/mol. The number of benzene rings is 2. The van der Waals surface area contributed by atoms with Crippen molar-refractivity contribution in [1.29, 1.82) is 0 Å². The molecular weight excluding hydrogens is 312 g/mol. The predicted molar refractivity (Wildman–Crippen MR) is 76.0 cm³/mol. The van der Waals surface area contributed by atoms with E-state index in [9.17, 15) is 8.78 Å². The minimum Gasteiger partial charge on any atom is -0.320 e. The van der Waals surface area contributed by atoms with Gasteiger partial charge in [-0.2, -0.15) is 0 Å². The summed E-state index contributed by atoms with van der Waals surface area (Å²) in [5, 5.41) is 0. The second-order valence-electron chi connectivity index (χ2n) is 4.58. The molecule has 1 atom stereocenters. The van der Waals surface area contributed by atoms with Gasteiger partial charge in [-0.25, -0.2) is 8.78 Å². The number of aryl methyl sites for hydroxylation is 2. The fraction of sp³-hybridized carbons (Fsp3) is 0.200. The summed E-state index contributed by atoms with van der Waals surface area (Å²) in [5.74, 6) is -1.19. The van der Waals surface area contributed by atoms with Crippen molar-refractivity contribution < 1.29 is 8.78 Å². The lowest BCUT2D eigenvalue weighted by Gasteiger charge is -2.16. The fourth-order valence-corrected chi connectivity index (χ4v) is 2.24. The second kappa shape index (κ2) is 5.39. The average Bonchev–Trinajstić information content (AvgIpc) is 2.37. The third kappa shape index (κ3) is 2.69. The van der Waals surface area contributed by atoms with E-state index >= 15 is 0 Å². The van der Waals surface area contributed by atoms with Crippen LogP contribution in [0.3, 0.4) is 0 Å². The van der Waals surface area contributed by atoms with Crippen LogP contribution in [0.1, 0.15) is 28.3 Å². The van der Waals surface area contributed by atoms with Gasteiger partial charge in [0.25, 0.3) is 0 Å². The van der Waals surface area contributed by atoms with Crippen LogP contribution in [0.5, 0.6) is 0 Å². The van der Waals surface area contributed by atoms with Crippen molar-refractivity contribution in [3.05, 3.63) is 68.7 Å². The Hall–Kier alpha value is -1.26. The Bertz CT molecular complexity index is 626. The first-order valence-corrected chi connectivity index (χ1v) is 6.67. The molecule has 0 saturated heterocycles. The molecule has 0 radical (unpaired) electrons. The molecule has 0 aliphatic rings. The number of hydrogen-bond acceptors (Lipinski definition) is 1. The normalized spacial score (nSPS) is 12.5. The molecule has 4 heteroatoms. The van der Waals surface area contributed by atoms with Crippen molar-refractivity contribution in [1.82, 2.24) is 0 Å². The van der Waals surface area contributed by atoms with Crippen LogP contribution in [-0.2, 0) is 0 Å². The summed E-state index contributed by atoms with van der Waals surface area (Å²) in [6, 6.07) is 7.27. The summed E-state index contributed by atoms with van der Waals surface area (Å²) in [5.41, 5.74) is 7.98. The van der Waals surface area contributed by atoms with Gasteiger partial charge in [-0.05, 0) is 42.7 Å². The molecule has 0 fully saturated rings. The smallest absolute Gasteiger partial charge is 0.134 e. The van der Waals surface area contributed by atoms with Crippen molar-refractivity contribution >= 4 is 15.9 Å². The number of nitrogens with two attached hydrogens (primary N) is 1. The van der Waals surface area contributed by atoms with Crippen LogP contribution < -0.4 is 5.73 Å². The van der Waals surface area contributed by atoms with Gasteiger partial charge in [-0.3, -0.25) is 0 Å². The maximum absolute atomic E-state index is 14.0. The zero-order valence-corrected chi connectivity index (χ0v) is 12.3. The summed E-state index contributed by atoms with van der Waals surface area (Å²) >= 11 is 3.39. The van der Waals surface area contributed by atoms with Crippen LogP contribution in [0.15, 0.2) is 34.8 Å². The SMILES string of the molecule is Cc1cc(C(N)c2c(F)ccc(C)c2F)ccc1Br. The van der Waals surface area contributed by atoms with Crippen LogP contribution in [0.4, 0.5) is 8.78 Å². The second-order valence-corrected chi connectivity index (χ2v) is 5.43. The molecule has 0 saturated carbocycles. The summed E-state index contributed by atoms with van der Waals surface area (Å²) in [6.45, 7) is 3.50. The summed E-state index contributed by atoms with van der Waals surface area (Å²) in [7, 11) is 0. The Labute approximate surface area is 119 Å². The molecule has 19 heavy (non-hydrogen) atoms. The van der Waals surface area contributed by atoms with E-state index in [4.69, 9.17) is 5.73 Å². The van der Waals surface area contributed by atoms with E-state index in [1.54, 1.807) is 13.0 Å². The highest BCUT2D eigenvalue weighted by Gasteiger charge is 2.20. The zero-order chi connectivity index (χ0) is 14.2. The minimum absolute atomic E-state index is 0.0817. The van der Waals surface area contributed by atoms with Crippen molar-refractivity contribution in [2.24, 2.45) is 5.73 Å². The Balaban J connectivity index is 2.52. The molecule has 2 aromatic carbocycles. The minimum atomic E-state index is -0.813. The lowest BCUT2D eigenvalue weighted by atomic mass is 9.96. The van der Waals surface area contributed by atoms with Gasteiger partial charge in [0.05, 0.1) is 6.04 Å². The molecular formula is C15H14BrF2N. The van der Waals surface area contributed by atoms with E-state index in [1.807, 2.05) is 19.1 Å². The molecule has 2 rings (SSSR count). The molecule has 2 N–H and O–H groups in total. The number of halogens is 3. The van der Waals surface area contributed by atoms with Crippen LogP contribution in [0, 0.1) is 25.5 Å². The molecule has 0 aliphatic heterocycles. The molecule has 0 aromatic heterocycles. The standard InChI is InChI=1S/C15H14BrF2N/c1-8-3-6-12(17)13(14(8)18)15(19)10-4-5-11(16)9(2)7-10/h3-7,15H,19H2,1-2H3. The van der Waals surface area contributed by atoms with E-state index in [0.29, 0.717) is 11.1 Å². The first-order chi connectivity index (χ1) is 8.91. The zero-order valence-electron chi connectivity index (χ0n) is 10.7. The number of hydrogen-bond donors (Lipinski definition) is 1. The third-order valence-corrected chi connectivity index (χ3v) is 4.06. The molecule has 1 unspecified atom stereocenters. The van der Waals surface area contributed by atoms with Crippen LogP contribution in [0.2, 0.25) is 0 Å². The lowest BCUT2D eigenvalue weighted by molar-refractivity contribution is 0.538. The molecule has 0 amide bonds. The first kappa shape index (κ1) is 14.2. The van der Waals surface area contributed by atoms with E-state index in [2.05, 4.69) is 15.9 Å². The highest BCUT2D eigenvalue weighted by molar-refractivity contribution is 9.10. The van der Waals surface area contributed by atoms with E-state index < -0.39 is 17.7 Å². The fourth-order valence-electron chi connectivity index (χ4n) is 1.99. The van der Waals surface area contributed by atoms with Crippen LogP contribution >= 0.6 is 15.9 Å². The molecule has 100 valence electrons. The maximum Gasteiger partial charge on any atom is 0.134 e. The van der Waals surface area contributed by atoms with Gasteiger partial charge in [0.1, 0.15) is 11.6 Å². The highest BCUT2D eigenvalue weighted by atomic mass is 79.9. The van der Waals surface area contributed by atoms with Gasteiger partial charge in [0.2, 0.25) is 0 Å². The van der Waals surface area contributed by atoms with Crippen molar-refractivity contribution in [3.8, 4) is 0 Å². The Morgan fingerprint density at radius 2 is 1.74 bits per heavy atom. The molecule has 2 aromatic rings. The predicted octanol–water partition coefficient (Wildman–Crippen LogP) is 4.39. The first-order valence-electron chi connectivity index (χ1n) is 5.88. The van der Waals surface area contributed by atoms with Gasteiger partial charge < -0.3 is 5.73 Å². The highest BCUT2D eigenvalue weighted by Crippen LogP contribution is 2.28. The third-order valence-electron chi connectivity index (χ3n) is 3.17. The van der Waals surface area contributed by atoms with Gasteiger partial charge in [0.15, 0.2) is 0 Å². The lowest BCUT2D eigenvalue weighted by Crippen LogP contribution is -2.16. The molecule has 0 heterocycles. The molecule has 0 aliphatic carbocycles.